The maximum absolute atomic E-state index is 12.6. The minimum Gasteiger partial charge on any atom is -0.504 e. The Labute approximate surface area is 145 Å². The van der Waals surface area contributed by atoms with E-state index in [0.29, 0.717) is 11.3 Å². The topological polar surface area (TPSA) is 92.0 Å². The van der Waals surface area contributed by atoms with Crippen molar-refractivity contribution in [2.45, 2.75) is 12.6 Å². The van der Waals surface area contributed by atoms with Gasteiger partial charge in [0.25, 0.3) is 0 Å². The highest BCUT2D eigenvalue weighted by molar-refractivity contribution is 6.05. The van der Waals surface area contributed by atoms with Crippen LogP contribution in [-0.4, -0.2) is 26.1 Å². The Kier molecular flexibility index (Phi) is 4.61. The molecule has 0 bridgehead atoms. The monoisotopic (exact) mass is 363 g/mol. The fourth-order valence-corrected chi connectivity index (χ4v) is 2.21. The van der Waals surface area contributed by atoms with E-state index < -0.39 is 23.3 Å². The lowest BCUT2D eigenvalue weighted by molar-refractivity contribution is -0.137. The highest BCUT2D eigenvalue weighted by atomic mass is 19.4. The van der Waals surface area contributed by atoms with Crippen LogP contribution in [0.2, 0.25) is 0 Å². The summed E-state index contributed by atoms with van der Waals surface area (Å²) in [6.45, 7) is 0. The maximum atomic E-state index is 12.6. The molecule has 0 radical (unpaired) electrons. The molecule has 3 rings (SSSR count). The van der Waals surface area contributed by atoms with Crippen molar-refractivity contribution in [2.24, 2.45) is 0 Å². The van der Waals surface area contributed by atoms with Gasteiger partial charge in [-0.05, 0) is 29.8 Å². The second kappa shape index (κ2) is 6.87. The molecule has 0 aliphatic heterocycles. The van der Waals surface area contributed by atoms with Gasteiger partial charge in [-0.15, -0.1) is 0 Å². The lowest BCUT2D eigenvalue weighted by atomic mass is 10.1. The van der Waals surface area contributed by atoms with Gasteiger partial charge in [0, 0.05) is 12.5 Å². The van der Waals surface area contributed by atoms with E-state index in [1.165, 1.54) is 24.5 Å². The first-order valence-electron chi connectivity index (χ1n) is 7.38. The number of hydrogen-bond donors (Lipinski definition) is 2. The zero-order valence-electron chi connectivity index (χ0n) is 13.1. The molecule has 0 spiro atoms. The van der Waals surface area contributed by atoms with Crippen LogP contribution in [0.15, 0.2) is 53.2 Å². The van der Waals surface area contributed by atoms with E-state index in [2.05, 4.69) is 15.2 Å². The molecule has 9 heteroatoms. The number of rotatable bonds is 5. The van der Waals surface area contributed by atoms with Crippen molar-refractivity contribution in [3.63, 3.8) is 0 Å². The SMILES string of the molecule is O=C(C=C(O)c1ncn[nH]1)c1ccc(Cc2ccc(C(F)(F)F)cc2)o1. The Morgan fingerprint density at radius 1 is 1.19 bits per heavy atom. The van der Waals surface area contributed by atoms with E-state index in [1.807, 2.05) is 0 Å². The summed E-state index contributed by atoms with van der Waals surface area (Å²) >= 11 is 0. The summed E-state index contributed by atoms with van der Waals surface area (Å²) in [5.41, 5.74) is -0.129. The molecular weight excluding hydrogens is 351 g/mol. The number of aliphatic hydroxyl groups is 1. The molecule has 0 amide bonds. The number of nitrogens with one attached hydrogen (secondary N) is 1. The van der Waals surface area contributed by atoms with Gasteiger partial charge in [-0.2, -0.15) is 18.3 Å². The number of halogens is 3. The number of aliphatic hydroxyl groups excluding tert-OH is 1. The molecule has 0 saturated carbocycles. The summed E-state index contributed by atoms with van der Waals surface area (Å²) < 4.78 is 43.0. The van der Waals surface area contributed by atoms with Crippen LogP contribution in [0.3, 0.4) is 0 Å². The summed E-state index contributed by atoms with van der Waals surface area (Å²) in [5.74, 6) is -0.556. The average molecular weight is 363 g/mol. The molecule has 3 aromatic rings. The molecule has 0 aliphatic rings. The zero-order chi connectivity index (χ0) is 18.7. The number of carbonyl (C=O) groups excluding carboxylic acids is 1. The van der Waals surface area contributed by atoms with Crippen LogP contribution in [0.4, 0.5) is 13.2 Å². The Morgan fingerprint density at radius 2 is 1.92 bits per heavy atom. The molecule has 0 atom stereocenters. The van der Waals surface area contributed by atoms with Crippen molar-refractivity contribution >= 4 is 11.5 Å². The number of furan rings is 1. The van der Waals surface area contributed by atoms with Crippen molar-refractivity contribution < 1.29 is 27.5 Å². The molecule has 2 aromatic heterocycles. The van der Waals surface area contributed by atoms with Crippen LogP contribution in [0, 0.1) is 0 Å². The van der Waals surface area contributed by atoms with Crippen molar-refractivity contribution in [3.05, 3.63) is 77.3 Å². The first-order chi connectivity index (χ1) is 12.3. The van der Waals surface area contributed by atoms with E-state index in [9.17, 15) is 23.1 Å². The number of benzene rings is 1. The predicted octanol–water partition coefficient (Wildman–Crippen LogP) is 3.79. The fraction of sp³-hybridized carbons (Fsp3) is 0.118. The molecule has 0 fully saturated rings. The molecule has 0 unspecified atom stereocenters. The van der Waals surface area contributed by atoms with Crippen LogP contribution in [0.1, 0.15) is 33.3 Å². The number of nitrogens with zero attached hydrogens (tertiary/aromatic N) is 2. The third-order valence-corrected chi connectivity index (χ3v) is 3.49. The summed E-state index contributed by atoms with van der Waals surface area (Å²) in [6.07, 6.45) is -2.05. The third-order valence-electron chi connectivity index (χ3n) is 3.49. The summed E-state index contributed by atoms with van der Waals surface area (Å²) in [7, 11) is 0. The number of allylic oxidation sites excluding steroid dienone is 1. The molecule has 0 aliphatic carbocycles. The summed E-state index contributed by atoms with van der Waals surface area (Å²) in [6, 6.07) is 7.64. The van der Waals surface area contributed by atoms with Crippen LogP contribution in [-0.2, 0) is 12.6 Å². The number of aromatic amines is 1. The number of aromatic nitrogens is 3. The molecule has 134 valence electrons. The Bertz CT molecular complexity index is 926. The molecule has 0 saturated heterocycles. The molecule has 2 N–H and O–H groups in total. The largest absolute Gasteiger partial charge is 0.504 e. The number of alkyl halides is 3. The minimum absolute atomic E-state index is 0.0158. The smallest absolute Gasteiger partial charge is 0.416 e. The van der Waals surface area contributed by atoms with Crippen molar-refractivity contribution in [1.29, 1.82) is 0 Å². The fourth-order valence-electron chi connectivity index (χ4n) is 2.21. The number of H-pyrrole nitrogens is 1. The highest BCUT2D eigenvalue weighted by Gasteiger charge is 2.29. The van der Waals surface area contributed by atoms with E-state index in [0.717, 1.165) is 18.2 Å². The first kappa shape index (κ1) is 17.5. The van der Waals surface area contributed by atoms with Crippen LogP contribution >= 0.6 is 0 Å². The van der Waals surface area contributed by atoms with Gasteiger partial charge in [-0.25, -0.2) is 4.98 Å². The number of hydrogen-bond acceptors (Lipinski definition) is 5. The van der Waals surface area contributed by atoms with Crippen LogP contribution in [0.25, 0.3) is 5.76 Å². The van der Waals surface area contributed by atoms with Gasteiger partial charge >= 0.3 is 6.18 Å². The van der Waals surface area contributed by atoms with Crippen LogP contribution in [0.5, 0.6) is 0 Å². The van der Waals surface area contributed by atoms with Crippen LogP contribution < -0.4 is 0 Å². The molecular formula is C17H12F3N3O3. The normalized spacial score (nSPS) is 12.3. The lowest BCUT2D eigenvalue weighted by Crippen LogP contribution is -2.04. The van der Waals surface area contributed by atoms with Crippen molar-refractivity contribution in [1.82, 2.24) is 15.2 Å². The highest BCUT2D eigenvalue weighted by Crippen LogP contribution is 2.29. The number of ketones is 1. The number of carbonyl (C=O) groups is 1. The maximum Gasteiger partial charge on any atom is 0.416 e. The van der Waals surface area contributed by atoms with Gasteiger partial charge in [-0.3, -0.25) is 9.89 Å². The Balaban J connectivity index is 1.70. The van der Waals surface area contributed by atoms with E-state index in [-0.39, 0.29) is 18.0 Å². The van der Waals surface area contributed by atoms with Gasteiger partial charge in [0.15, 0.2) is 17.3 Å². The summed E-state index contributed by atoms with van der Waals surface area (Å²) in [4.78, 5) is 15.8. The lowest BCUT2D eigenvalue weighted by Gasteiger charge is -2.06. The predicted molar refractivity (Wildman–Crippen MR) is 84.3 cm³/mol. The van der Waals surface area contributed by atoms with Gasteiger partial charge < -0.3 is 9.52 Å². The molecule has 1 aromatic carbocycles. The van der Waals surface area contributed by atoms with Crippen molar-refractivity contribution in [2.75, 3.05) is 0 Å². The Hall–Kier alpha value is -3.36. The second-order valence-electron chi connectivity index (χ2n) is 5.37. The van der Waals surface area contributed by atoms with Gasteiger partial charge in [0.2, 0.25) is 5.78 Å². The quantitative estimate of drug-likeness (QED) is 0.409. The Morgan fingerprint density at radius 3 is 2.54 bits per heavy atom. The van der Waals surface area contributed by atoms with Gasteiger partial charge in [0.1, 0.15) is 12.1 Å². The van der Waals surface area contributed by atoms with Crippen molar-refractivity contribution in [3.8, 4) is 0 Å². The molecule has 2 heterocycles. The van der Waals surface area contributed by atoms with E-state index in [1.54, 1.807) is 6.07 Å². The standard InChI is InChI=1S/C17H12F3N3O3/c18-17(19,20)11-3-1-10(2-4-11)7-12-5-6-15(26-12)13(24)8-14(25)16-21-9-22-23-16/h1-6,8-9,25H,7H2,(H,21,22,23). The van der Waals surface area contributed by atoms with Gasteiger partial charge in [-0.1, -0.05) is 12.1 Å². The minimum atomic E-state index is -4.39. The molecule has 26 heavy (non-hydrogen) atoms. The first-order valence-corrected chi connectivity index (χ1v) is 7.38. The molecule has 6 nitrogen and oxygen atoms in total. The van der Waals surface area contributed by atoms with E-state index in [4.69, 9.17) is 4.42 Å². The zero-order valence-corrected chi connectivity index (χ0v) is 13.1. The third kappa shape index (κ3) is 4.00. The van der Waals surface area contributed by atoms with Gasteiger partial charge in [0.05, 0.1) is 5.56 Å². The van der Waals surface area contributed by atoms with E-state index >= 15 is 0 Å². The average Bonchev–Trinajstić information content (AvgIpc) is 3.26. The summed E-state index contributed by atoms with van der Waals surface area (Å²) in [5, 5.41) is 15.7. The second-order valence-corrected chi connectivity index (χ2v) is 5.37.